The van der Waals surface area contributed by atoms with Gasteiger partial charge in [-0.1, -0.05) is 48.0 Å². The molecule has 2 heterocycles. The summed E-state index contributed by atoms with van der Waals surface area (Å²) in [4.78, 5) is 0.0655. The van der Waals surface area contributed by atoms with Gasteiger partial charge in [0.2, 0.25) is 0 Å². The predicted molar refractivity (Wildman–Crippen MR) is 104 cm³/mol. The zero-order valence-corrected chi connectivity index (χ0v) is 16.1. The fourth-order valence-electron chi connectivity index (χ4n) is 3.55. The second-order valence-electron chi connectivity index (χ2n) is 6.47. The Morgan fingerprint density at radius 2 is 1.73 bits per heavy atom. The van der Waals surface area contributed by atoms with E-state index in [-0.39, 0.29) is 10.6 Å². The maximum atomic E-state index is 13.4. The van der Waals surface area contributed by atoms with Crippen LogP contribution in [0.25, 0.3) is 16.6 Å². The fraction of sp³-hybridized carbons (Fsp3) is 0.158. The molecule has 2 unspecified atom stereocenters. The van der Waals surface area contributed by atoms with Gasteiger partial charge < -0.3 is 9.67 Å². The summed E-state index contributed by atoms with van der Waals surface area (Å²) in [5, 5.41) is 12.5. The molecule has 1 aromatic heterocycles. The molecule has 0 saturated heterocycles. The molecule has 1 aliphatic heterocycles. The van der Waals surface area contributed by atoms with Crippen LogP contribution in [0.5, 0.6) is 0 Å². The fourth-order valence-corrected chi connectivity index (χ4v) is 5.82. The summed E-state index contributed by atoms with van der Waals surface area (Å²) in [6, 6.07) is 13.2. The van der Waals surface area contributed by atoms with Gasteiger partial charge in [-0.3, -0.25) is 0 Å². The lowest BCUT2D eigenvalue weighted by Gasteiger charge is -2.29. The number of nitrogens with zero attached hydrogens (tertiary/aromatic N) is 1. The molecule has 2 aromatic carbocycles. The van der Waals surface area contributed by atoms with E-state index in [0.717, 1.165) is 5.39 Å². The van der Waals surface area contributed by atoms with Crippen LogP contribution in [-0.4, -0.2) is 22.8 Å². The van der Waals surface area contributed by atoms with Crippen molar-refractivity contribution in [3.63, 3.8) is 0 Å². The van der Waals surface area contributed by atoms with Crippen molar-refractivity contribution in [1.29, 1.82) is 0 Å². The van der Waals surface area contributed by atoms with Crippen molar-refractivity contribution in [2.24, 2.45) is 0 Å². The largest absolute Gasteiger partial charge is 0.385 e. The van der Waals surface area contributed by atoms with Gasteiger partial charge in [0, 0.05) is 16.1 Å². The molecule has 0 fully saturated rings. The van der Waals surface area contributed by atoms with Gasteiger partial charge in [-0.2, -0.15) is 0 Å². The maximum absolute atomic E-state index is 13.4. The number of hydrogen-bond donors (Lipinski definition) is 1. The molecule has 4 rings (SSSR count). The summed E-state index contributed by atoms with van der Waals surface area (Å²) in [5.74, 6) is 0. The highest BCUT2D eigenvalue weighted by molar-refractivity contribution is 7.93. The molecule has 4 nitrogen and oxygen atoms in total. The highest BCUT2D eigenvalue weighted by Gasteiger charge is 2.56. The topological polar surface area (TPSA) is 59.3 Å². The Bertz CT molecular complexity index is 1170. The van der Waals surface area contributed by atoms with Gasteiger partial charge in [0.1, 0.15) is 10.9 Å². The average Bonchev–Trinajstić information content (AvgIpc) is 3.03. The molecule has 0 radical (unpaired) electrons. The first-order chi connectivity index (χ1) is 12.2. The van der Waals surface area contributed by atoms with Crippen LogP contribution in [-0.2, 0) is 9.84 Å². The van der Waals surface area contributed by atoms with E-state index in [0.29, 0.717) is 21.3 Å². The molecular weight excluding hydrogens is 393 g/mol. The van der Waals surface area contributed by atoms with Crippen LogP contribution in [0.1, 0.15) is 18.7 Å². The van der Waals surface area contributed by atoms with Gasteiger partial charge in [0.05, 0.1) is 21.1 Å². The predicted octanol–water partition coefficient (Wildman–Crippen LogP) is 4.70. The molecule has 7 heteroatoms. The number of aliphatic hydroxyl groups is 1. The number of aromatic nitrogens is 1. The second-order valence-corrected chi connectivity index (χ2v) is 9.61. The average molecular weight is 408 g/mol. The van der Waals surface area contributed by atoms with Gasteiger partial charge in [0.25, 0.3) is 0 Å². The summed E-state index contributed by atoms with van der Waals surface area (Å²) in [5.41, 5.74) is 1.32. The van der Waals surface area contributed by atoms with Crippen LogP contribution in [0.3, 0.4) is 0 Å². The maximum Gasteiger partial charge on any atom is 0.192 e. The highest BCUT2D eigenvalue weighted by atomic mass is 35.5. The Morgan fingerprint density at radius 1 is 1.12 bits per heavy atom. The minimum absolute atomic E-state index is 0.0655. The number of aliphatic hydroxyl groups excluding tert-OH is 1. The van der Waals surface area contributed by atoms with Crippen LogP contribution in [0.15, 0.2) is 60.0 Å². The summed E-state index contributed by atoms with van der Waals surface area (Å²) in [7, 11) is -3.96. The van der Waals surface area contributed by atoms with Crippen LogP contribution in [0.2, 0.25) is 10.0 Å². The first kappa shape index (κ1) is 17.6. The second kappa shape index (κ2) is 5.60. The lowest BCUT2D eigenvalue weighted by atomic mass is 10.0. The van der Waals surface area contributed by atoms with E-state index in [1.54, 1.807) is 4.57 Å². The van der Waals surface area contributed by atoms with Crippen LogP contribution < -0.4 is 0 Å². The van der Waals surface area contributed by atoms with E-state index in [1.807, 2.05) is 24.3 Å². The van der Waals surface area contributed by atoms with E-state index in [4.69, 9.17) is 23.2 Å². The molecule has 134 valence electrons. The number of fused-ring (bicyclic) bond motifs is 3. The molecule has 0 saturated carbocycles. The smallest absolute Gasteiger partial charge is 0.192 e. The molecule has 2 atom stereocenters. The molecule has 0 bridgehead atoms. The number of sulfone groups is 1. The van der Waals surface area contributed by atoms with Crippen molar-refractivity contribution >= 4 is 49.6 Å². The third-order valence-corrected chi connectivity index (χ3v) is 8.27. The van der Waals surface area contributed by atoms with Crippen molar-refractivity contribution in [1.82, 2.24) is 4.57 Å². The lowest BCUT2D eigenvalue weighted by molar-refractivity contribution is 0.160. The zero-order chi connectivity index (χ0) is 18.9. The Morgan fingerprint density at radius 3 is 2.38 bits per heavy atom. The first-order valence-corrected chi connectivity index (χ1v) is 10.1. The van der Waals surface area contributed by atoms with Crippen molar-refractivity contribution in [3.8, 4) is 0 Å². The molecule has 0 amide bonds. The van der Waals surface area contributed by atoms with Gasteiger partial charge in [-0.25, -0.2) is 8.42 Å². The number of halogens is 2. The van der Waals surface area contributed by atoms with Crippen LogP contribution in [0, 0.1) is 0 Å². The number of benzene rings is 2. The molecule has 0 aliphatic carbocycles. The Kier molecular flexibility index (Phi) is 3.80. The Hall–Kier alpha value is -1.79. The molecule has 1 aliphatic rings. The Labute approximate surface area is 161 Å². The van der Waals surface area contributed by atoms with E-state index < -0.39 is 20.7 Å². The van der Waals surface area contributed by atoms with Gasteiger partial charge >= 0.3 is 0 Å². The van der Waals surface area contributed by atoms with E-state index >= 15 is 0 Å². The van der Waals surface area contributed by atoms with Gasteiger partial charge in [-0.15, -0.1) is 0 Å². The van der Waals surface area contributed by atoms with Crippen molar-refractivity contribution in [3.05, 3.63) is 70.8 Å². The summed E-state index contributed by atoms with van der Waals surface area (Å²) in [6.07, 6.45) is -1.35. The third kappa shape index (κ3) is 2.03. The number of hydrogen-bond acceptors (Lipinski definition) is 3. The molecule has 3 aromatic rings. The molecule has 26 heavy (non-hydrogen) atoms. The zero-order valence-electron chi connectivity index (χ0n) is 13.8. The molecule has 0 spiro atoms. The summed E-state index contributed by atoms with van der Waals surface area (Å²) >= 11 is 12.3. The lowest BCUT2D eigenvalue weighted by Crippen LogP contribution is -2.39. The van der Waals surface area contributed by atoms with Crippen molar-refractivity contribution in [2.45, 2.75) is 22.7 Å². The SMILES string of the molecule is C=C1n2c(c(Cl)c3ccccc32)C(O)C1(C)S(=O)(=O)c1ccc(Cl)cc1. The Balaban J connectivity index is 1.97. The van der Waals surface area contributed by atoms with Crippen LogP contribution >= 0.6 is 23.2 Å². The molecular formula is C19H15Cl2NO3S. The highest BCUT2D eigenvalue weighted by Crippen LogP contribution is 2.54. The van der Waals surface area contributed by atoms with Crippen LogP contribution in [0.4, 0.5) is 0 Å². The standard InChI is InChI=1S/C19H15Cl2NO3S/c1-11-19(2,26(24,25)13-9-7-12(20)8-10-13)18(23)17-16(21)14-5-3-4-6-15(14)22(11)17/h3-10,18,23H,1H2,2H3. The normalized spacial score (nSPS) is 22.8. The summed E-state index contributed by atoms with van der Waals surface area (Å²) in [6.45, 7) is 5.49. The van der Waals surface area contributed by atoms with E-state index in [9.17, 15) is 13.5 Å². The van der Waals surface area contributed by atoms with Gasteiger partial charge in [-0.05, 0) is 37.3 Å². The number of para-hydroxylation sites is 1. The first-order valence-electron chi connectivity index (χ1n) is 7.88. The van der Waals surface area contributed by atoms with E-state index in [1.165, 1.54) is 31.2 Å². The quantitative estimate of drug-likeness (QED) is 0.669. The van der Waals surface area contributed by atoms with Crippen molar-refractivity contribution < 1.29 is 13.5 Å². The molecule has 1 N–H and O–H groups in total. The monoisotopic (exact) mass is 407 g/mol. The minimum Gasteiger partial charge on any atom is -0.385 e. The number of rotatable bonds is 2. The minimum atomic E-state index is -3.96. The summed E-state index contributed by atoms with van der Waals surface area (Å²) < 4.78 is 26.8. The third-order valence-electron chi connectivity index (χ3n) is 5.15. The van der Waals surface area contributed by atoms with Gasteiger partial charge in [0.15, 0.2) is 9.84 Å². The van der Waals surface area contributed by atoms with Crippen molar-refractivity contribution in [2.75, 3.05) is 0 Å². The van der Waals surface area contributed by atoms with E-state index in [2.05, 4.69) is 6.58 Å².